The van der Waals surface area contributed by atoms with Gasteiger partial charge >= 0.3 is 7.12 Å². The van der Waals surface area contributed by atoms with Crippen LogP contribution in [0.25, 0.3) is 0 Å². The lowest BCUT2D eigenvalue weighted by Gasteiger charge is -2.37. The van der Waals surface area contributed by atoms with Crippen molar-refractivity contribution in [1.82, 2.24) is 0 Å². The van der Waals surface area contributed by atoms with E-state index in [2.05, 4.69) is 103 Å². The van der Waals surface area contributed by atoms with Gasteiger partial charge in [-0.25, -0.2) is 0 Å². The number of methoxy groups -OCH3 is 1. The zero-order chi connectivity index (χ0) is 33.3. The summed E-state index contributed by atoms with van der Waals surface area (Å²) in [5.41, 5.74) is 3.39. The van der Waals surface area contributed by atoms with E-state index in [0.717, 1.165) is 28.0 Å². The van der Waals surface area contributed by atoms with Gasteiger partial charge in [-0.2, -0.15) is 0 Å². The molecule has 3 aliphatic rings. The molecule has 0 aromatic heterocycles. The molecule has 2 saturated carbocycles. The quantitative estimate of drug-likeness (QED) is 0.106. The molecule has 1 aliphatic heterocycles. The summed E-state index contributed by atoms with van der Waals surface area (Å²) in [4.78, 5) is 0. The Morgan fingerprint density at radius 2 is 1.06 bits per heavy atom. The average molecular weight is 659 g/mol. The molecule has 0 radical (unpaired) electrons. The molecular formula is C43H51BO5. The number of hydrogen-bond donors (Lipinski definition) is 0. The second-order valence-electron chi connectivity index (χ2n) is 14.2. The zero-order valence-electron chi connectivity index (χ0n) is 29.0. The third-order valence-corrected chi connectivity index (χ3v) is 11.1. The molecular weight excluding hydrogens is 607 g/mol. The van der Waals surface area contributed by atoms with Crippen LogP contribution < -0.4 is 4.74 Å². The lowest BCUT2D eigenvalue weighted by molar-refractivity contribution is -0.0532. The van der Waals surface area contributed by atoms with E-state index >= 15 is 0 Å². The molecule has 5 nitrogen and oxygen atoms in total. The van der Waals surface area contributed by atoms with E-state index in [1.807, 2.05) is 12.1 Å². The normalized spacial score (nSPS) is 21.4. The van der Waals surface area contributed by atoms with Crippen LogP contribution in [0.4, 0.5) is 0 Å². The van der Waals surface area contributed by atoms with Crippen molar-refractivity contribution in [2.45, 2.75) is 94.6 Å². The molecule has 0 unspecified atom stereocenters. The number of rotatable bonds is 13. The summed E-state index contributed by atoms with van der Waals surface area (Å²) in [7, 11) is 1.18. The van der Waals surface area contributed by atoms with Gasteiger partial charge in [0.05, 0.1) is 32.5 Å². The molecule has 4 aromatic rings. The minimum atomic E-state index is -0.865. The highest BCUT2D eigenvalue weighted by Gasteiger charge is 2.51. The van der Waals surface area contributed by atoms with Crippen LogP contribution >= 0.6 is 0 Å². The summed E-state index contributed by atoms with van der Waals surface area (Å²) in [6.07, 6.45) is 12.8. The summed E-state index contributed by atoms with van der Waals surface area (Å²) in [6.45, 7) is 0.701. The second-order valence-corrected chi connectivity index (χ2v) is 14.2. The minimum absolute atomic E-state index is 0.0996. The fourth-order valence-electron chi connectivity index (χ4n) is 8.46. The van der Waals surface area contributed by atoms with Crippen molar-refractivity contribution in [2.75, 3.05) is 13.7 Å². The lowest BCUT2D eigenvalue weighted by Crippen LogP contribution is -2.44. The van der Waals surface area contributed by atoms with E-state index < -0.39 is 18.7 Å². The van der Waals surface area contributed by atoms with Crippen molar-refractivity contribution in [3.63, 3.8) is 0 Å². The van der Waals surface area contributed by atoms with Gasteiger partial charge in [-0.15, -0.1) is 0 Å². The summed E-state index contributed by atoms with van der Waals surface area (Å²) in [5.74, 6) is 1.90. The standard InChI is InChI=1S/C43H51BO5/c1-45-39-29-27-33(28-30-39)31-46-40(44-48-41(34-17-7-2-8-18-34)42(49-44)35-19-9-3-10-20-35)32-47-43(36-21-11-4-12-22-36,37-23-13-5-14-24-37)38-25-15-6-16-26-38/h4-6,11-16,21-30,34-35,40-42H,2-3,7-10,17-20,31-32H2,1H3/t40-,41+,42+/m0/s1. The second kappa shape index (κ2) is 16.5. The third-order valence-electron chi connectivity index (χ3n) is 11.1. The van der Waals surface area contributed by atoms with Crippen molar-refractivity contribution in [1.29, 1.82) is 0 Å². The van der Waals surface area contributed by atoms with E-state index in [4.69, 9.17) is 23.5 Å². The topological polar surface area (TPSA) is 46.2 Å². The first-order valence-corrected chi connectivity index (χ1v) is 18.6. The predicted octanol–water partition coefficient (Wildman–Crippen LogP) is 9.56. The van der Waals surface area contributed by atoms with Crippen molar-refractivity contribution in [3.8, 4) is 5.75 Å². The maximum absolute atomic E-state index is 7.34. The fraction of sp³-hybridized carbons (Fsp3) is 0.442. The maximum Gasteiger partial charge on any atom is 0.491 e. The summed E-state index contributed by atoms with van der Waals surface area (Å²) in [5, 5.41) is 0. The Morgan fingerprint density at radius 1 is 0.612 bits per heavy atom. The van der Waals surface area contributed by atoms with Crippen LogP contribution in [0.5, 0.6) is 5.75 Å². The highest BCUT2D eigenvalue weighted by Crippen LogP contribution is 2.43. The van der Waals surface area contributed by atoms with Crippen molar-refractivity contribution >= 4 is 7.12 Å². The molecule has 0 bridgehead atoms. The van der Waals surface area contributed by atoms with Crippen LogP contribution in [-0.2, 0) is 31.0 Å². The Labute approximate surface area is 293 Å². The van der Waals surface area contributed by atoms with Crippen LogP contribution in [0.3, 0.4) is 0 Å². The van der Waals surface area contributed by atoms with Crippen LogP contribution in [0.2, 0.25) is 0 Å². The molecule has 4 aromatic carbocycles. The van der Waals surface area contributed by atoms with Crippen molar-refractivity contribution in [2.24, 2.45) is 11.8 Å². The van der Waals surface area contributed by atoms with Crippen LogP contribution in [-0.4, -0.2) is 39.0 Å². The van der Waals surface area contributed by atoms with Gasteiger partial charge in [0, 0.05) is 0 Å². The number of hydrogen-bond acceptors (Lipinski definition) is 5. The molecule has 3 fully saturated rings. The largest absolute Gasteiger partial charge is 0.497 e. The van der Waals surface area contributed by atoms with Crippen LogP contribution in [0.1, 0.15) is 86.5 Å². The Balaban J connectivity index is 1.23. The SMILES string of the molecule is COc1ccc(CO[C@@H](COC(c2ccccc2)(c2ccccc2)c2ccccc2)B2O[C@H](C3CCCCC3)[C@@H](C3CCCCC3)O2)cc1. The van der Waals surface area contributed by atoms with Gasteiger partial charge in [-0.1, -0.05) is 142 Å². The highest BCUT2D eigenvalue weighted by molar-refractivity contribution is 6.47. The van der Waals surface area contributed by atoms with Gasteiger partial charge in [0.2, 0.25) is 0 Å². The molecule has 0 amide bonds. The molecule has 3 atom stereocenters. The average Bonchev–Trinajstić information content (AvgIpc) is 3.64. The molecule has 49 heavy (non-hydrogen) atoms. The van der Waals surface area contributed by atoms with Gasteiger partial charge in [-0.3, -0.25) is 0 Å². The van der Waals surface area contributed by atoms with Crippen LogP contribution in [0, 0.1) is 11.8 Å². The zero-order valence-corrected chi connectivity index (χ0v) is 29.0. The van der Waals surface area contributed by atoms with Crippen LogP contribution in [0.15, 0.2) is 115 Å². The maximum atomic E-state index is 7.34. The Morgan fingerprint density at radius 3 is 1.49 bits per heavy atom. The fourth-order valence-corrected chi connectivity index (χ4v) is 8.46. The molecule has 2 aliphatic carbocycles. The molecule has 0 spiro atoms. The van der Waals surface area contributed by atoms with E-state index in [1.54, 1.807) is 7.11 Å². The minimum Gasteiger partial charge on any atom is -0.497 e. The number of ether oxygens (including phenoxy) is 3. The van der Waals surface area contributed by atoms with E-state index in [0.29, 0.717) is 18.4 Å². The molecule has 0 N–H and O–H groups in total. The lowest BCUT2D eigenvalue weighted by atomic mass is 9.77. The molecule has 1 heterocycles. The van der Waals surface area contributed by atoms with Gasteiger partial charge in [0.1, 0.15) is 17.4 Å². The first-order chi connectivity index (χ1) is 24.2. The van der Waals surface area contributed by atoms with Gasteiger partial charge in [-0.05, 0) is 71.9 Å². The smallest absolute Gasteiger partial charge is 0.491 e. The molecule has 256 valence electrons. The van der Waals surface area contributed by atoms with Gasteiger partial charge < -0.3 is 23.5 Å². The Hall–Kier alpha value is -3.42. The van der Waals surface area contributed by atoms with E-state index in [1.165, 1.54) is 64.2 Å². The van der Waals surface area contributed by atoms with Crippen molar-refractivity contribution < 1.29 is 23.5 Å². The molecule has 1 saturated heterocycles. The van der Waals surface area contributed by atoms with E-state index in [-0.39, 0.29) is 18.8 Å². The number of benzene rings is 4. The van der Waals surface area contributed by atoms with E-state index in [9.17, 15) is 0 Å². The summed E-state index contributed by atoms with van der Waals surface area (Å²) in [6, 6.07) is 39.3. The third kappa shape index (κ3) is 7.84. The Bertz CT molecular complexity index is 1420. The monoisotopic (exact) mass is 658 g/mol. The first kappa shape index (κ1) is 34.1. The summed E-state index contributed by atoms with van der Waals surface area (Å²) >= 11 is 0. The predicted molar refractivity (Wildman–Crippen MR) is 195 cm³/mol. The van der Waals surface area contributed by atoms with Gasteiger partial charge in [0.15, 0.2) is 0 Å². The molecule has 7 rings (SSSR count). The first-order valence-electron chi connectivity index (χ1n) is 18.6. The van der Waals surface area contributed by atoms with Gasteiger partial charge in [0.25, 0.3) is 0 Å². The Kier molecular flexibility index (Phi) is 11.5. The molecule has 6 heteroatoms. The highest BCUT2D eigenvalue weighted by atomic mass is 16.7. The summed E-state index contributed by atoms with van der Waals surface area (Å²) < 4.78 is 33.8. The van der Waals surface area contributed by atoms with Crippen molar-refractivity contribution in [3.05, 3.63) is 138 Å².